The Morgan fingerprint density at radius 3 is 2.75 bits per heavy atom. The molecular weight excluding hydrogens is 198 g/mol. The van der Waals surface area contributed by atoms with E-state index in [1.54, 1.807) is 0 Å². The van der Waals surface area contributed by atoms with Crippen LogP contribution in [0.5, 0.6) is 0 Å². The van der Waals surface area contributed by atoms with Gasteiger partial charge in [-0.1, -0.05) is 38.5 Å². The number of para-hydroxylation sites is 1. The maximum atomic E-state index is 10.6. The largest absolute Gasteiger partial charge is 0.388 e. The maximum absolute atomic E-state index is 10.6. The van der Waals surface area contributed by atoms with Gasteiger partial charge in [0, 0.05) is 5.69 Å². The first-order valence-corrected chi connectivity index (χ1v) is 6.26. The van der Waals surface area contributed by atoms with Crippen molar-refractivity contribution in [3.8, 4) is 0 Å². The van der Waals surface area contributed by atoms with Gasteiger partial charge >= 0.3 is 0 Å². The van der Waals surface area contributed by atoms with Gasteiger partial charge in [-0.15, -0.1) is 0 Å². The van der Waals surface area contributed by atoms with Gasteiger partial charge in [0.05, 0.1) is 11.6 Å². The summed E-state index contributed by atoms with van der Waals surface area (Å²) < 4.78 is 0. The van der Waals surface area contributed by atoms with Crippen molar-refractivity contribution in [1.29, 1.82) is 0 Å². The molecule has 88 valence electrons. The molecule has 0 aliphatic carbocycles. The van der Waals surface area contributed by atoms with Gasteiger partial charge < -0.3 is 10.4 Å². The Kier molecular flexibility index (Phi) is 3.20. The zero-order chi connectivity index (χ0) is 11.6. The summed E-state index contributed by atoms with van der Waals surface area (Å²) in [6, 6.07) is 8.52. The zero-order valence-corrected chi connectivity index (χ0v) is 10.2. The van der Waals surface area contributed by atoms with Gasteiger partial charge in [-0.3, -0.25) is 0 Å². The van der Waals surface area contributed by atoms with Gasteiger partial charge in [0.2, 0.25) is 0 Å². The highest BCUT2D eigenvalue weighted by Gasteiger charge is 2.37. The third-order valence-corrected chi connectivity index (χ3v) is 3.71. The molecule has 0 radical (unpaired) electrons. The van der Waals surface area contributed by atoms with Crippen LogP contribution < -0.4 is 5.32 Å². The van der Waals surface area contributed by atoms with E-state index >= 15 is 0 Å². The maximum Gasteiger partial charge on any atom is 0.0848 e. The molecule has 1 aromatic carbocycles. The first-order valence-electron chi connectivity index (χ1n) is 6.26. The highest BCUT2D eigenvalue weighted by Crippen LogP contribution is 2.34. The number of benzene rings is 1. The highest BCUT2D eigenvalue weighted by molar-refractivity contribution is 5.57. The molecule has 0 amide bonds. The molecule has 1 heterocycles. The Morgan fingerprint density at radius 1 is 1.38 bits per heavy atom. The predicted octanol–water partition coefficient (Wildman–Crippen LogP) is 2.96. The Hall–Kier alpha value is -1.02. The zero-order valence-electron chi connectivity index (χ0n) is 10.2. The molecule has 2 rings (SSSR count). The molecule has 2 unspecified atom stereocenters. The van der Waals surface area contributed by atoms with Crippen LogP contribution in [-0.2, 0) is 6.42 Å². The smallest absolute Gasteiger partial charge is 0.0848 e. The third-order valence-electron chi connectivity index (χ3n) is 3.71. The Balaban J connectivity index is 2.15. The van der Waals surface area contributed by atoms with Gasteiger partial charge in [-0.05, 0) is 30.9 Å². The summed E-state index contributed by atoms with van der Waals surface area (Å²) >= 11 is 0. The highest BCUT2D eigenvalue weighted by atomic mass is 16.3. The Morgan fingerprint density at radius 2 is 2.12 bits per heavy atom. The summed E-state index contributed by atoms with van der Waals surface area (Å²) in [5.41, 5.74) is 1.96. The van der Waals surface area contributed by atoms with E-state index in [0.717, 1.165) is 25.7 Å². The number of aliphatic hydroxyl groups is 1. The lowest BCUT2D eigenvalue weighted by atomic mass is 9.85. The molecule has 1 aliphatic heterocycles. The summed E-state index contributed by atoms with van der Waals surface area (Å²) in [5, 5.41) is 14.1. The summed E-state index contributed by atoms with van der Waals surface area (Å²) in [6.07, 6.45) is 3.65. The quantitative estimate of drug-likeness (QED) is 0.816. The van der Waals surface area contributed by atoms with E-state index < -0.39 is 5.60 Å². The van der Waals surface area contributed by atoms with Crippen molar-refractivity contribution < 1.29 is 5.11 Å². The van der Waals surface area contributed by atoms with E-state index in [9.17, 15) is 5.11 Å². The van der Waals surface area contributed by atoms with Crippen molar-refractivity contribution in [2.24, 2.45) is 0 Å². The van der Waals surface area contributed by atoms with Crippen LogP contribution in [0, 0.1) is 0 Å². The van der Waals surface area contributed by atoms with Crippen molar-refractivity contribution in [2.75, 3.05) is 5.32 Å². The van der Waals surface area contributed by atoms with Crippen molar-refractivity contribution in [3.05, 3.63) is 29.8 Å². The molecule has 2 atom stereocenters. The second kappa shape index (κ2) is 4.46. The van der Waals surface area contributed by atoms with Crippen LogP contribution in [0.3, 0.4) is 0 Å². The van der Waals surface area contributed by atoms with Gasteiger partial charge in [0.1, 0.15) is 0 Å². The first-order chi connectivity index (χ1) is 7.69. The third kappa shape index (κ3) is 1.94. The average molecular weight is 219 g/mol. The fraction of sp³-hybridized carbons (Fsp3) is 0.571. The fourth-order valence-electron chi connectivity index (χ4n) is 2.65. The van der Waals surface area contributed by atoms with Gasteiger partial charge in [-0.2, -0.15) is 0 Å². The summed E-state index contributed by atoms with van der Waals surface area (Å²) in [7, 11) is 0. The molecule has 16 heavy (non-hydrogen) atoms. The second-order valence-corrected chi connectivity index (χ2v) is 4.77. The lowest BCUT2D eigenvalue weighted by Gasteiger charge is -2.33. The summed E-state index contributed by atoms with van der Waals surface area (Å²) in [6.45, 7) is 4.20. The van der Waals surface area contributed by atoms with Crippen molar-refractivity contribution in [3.63, 3.8) is 0 Å². The van der Waals surface area contributed by atoms with Crippen molar-refractivity contribution in [1.82, 2.24) is 0 Å². The average Bonchev–Trinajstić information content (AvgIpc) is 2.73. The molecule has 1 aliphatic rings. The normalized spacial score (nSPS) is 22.3. The van der Waals surface area contributed by atoms with Crippen LogP contribution >= 0.6 is 0 Å². The molecule has 2 N–H and O–H groups in total. The monoisotopic (exact) mass is 219 g/mol. The van der Waals surface area contributed by atoms with E-state index in [-0.39, 0.29) is 6.04 Å². The number of rotatable bonds is 4. The molecule has 2 heteroatoms. The minimum Gasteiger partial charge on any atom is -0.388 e. The Labute approximate surface area is 97.7 Å². The van der Waals surface area contributed by atoms with E-state index in [0.29, 0.717) is 0 Å². The Bertz CT molecular complexity index is 339. The summed E-state index contributed by atoms with van der Waals surface area (Å²) in [4.78, 5) is 0. The van der Waals surface area contributed by atoms with Crippen LogP contribution in [-0.4, -0.2) is 16.7 Å². The molecule has 0 aromatic heterocycles. The van der Waals surface area contributed by atoms with E-state index in [1.165, 1.54) is 11.3 Å². The molecule has 0 spiro atoms. The van der Waals surface area contributed by atoms with Crippen LogP contribution in [0.1, 0.15) is 38.7 Å². The van der Waals surface area contributed by atoms with Crippen LogP contribution in [0.15, 0.2) is 24.3 Å². The molecule has 1 aromatic rings. The fourth-order valence-corrected chi connectivity index (χ4v) is 2.65. The lowest BCUT2D eigenvalue weighted by Crippen LogP contribution is -2.45. The lowest BCUT2D eigenvalue weighted by molar-refractivity contribution is 0.00966. The SMILES string of the molecule is CCCC(O)(CC)C1Cc2ccccc2N1. The van der Waals surface area contributed by atoms with Gasteiger partial charge in [0.25, 0.3) is 0 Å². The van der Waals surface area contributed by atoms with E-state index in [1.807, 2.05) is 6.07 Å². The first kappa shape index (κ1) is 11.5. The van der Waals surface area contributed by atoms with E-state index in [4.69, 9.17) is 0 Å². The van der Waals surface area contributed by atoms with Crippen LogP contribution in [0.25, 0.3) is 0 Å². The molecular formula is C14H21NO. The number of anilines is 1. The minimum absolute atomic E-state index is 0.176. The van der Waals surface area contributed by atoms with Crippen molar-refractivity contribution >= 4 is 5.69 Å². The number of nitrogens with one attached hydrogen (secondary N) is 1. The molecule has 0 saturated heterocycles. The standard InChI is InChI=1S/C14H21NO/c1-3-9-14(16,4-2)13-10-11-7-5-6-8-12(11)15-13/h5-8,13,15-16H,3-4,9-10H2,1-2H3. The second-order valence-electron chi connectivity index (χ2n) is 4.77. The number of hydrogen-bond acceptors (Lipinski definition) is 2. The van der Waals surface area contributed by atoms with Crippen molar-refractivity contribution in [2.45, 2.75) is 51.2 Å². The molecule has 0 saturated carbocycles. The van der Waals surface area contributed by atoms with Crippen LogP contribution in [0.4, 0.5) is 5.69 Å². The van der Waals surface area contributed by atoms with E-state index in [2.05, 4.69) is 37.4 Å². The van der Waals surface area contributed by atoms with Gasteiger partial charge in [-0.25, -0.2) is 0 Å². The topological polar surface area (TPSA) is 32.3 Å². The van der Waals surface area contributed by atoms with Crippen LogP contribution in [0.2, 0.25) is 0 Å². The number of fused-ring (bicyclic) bond motifs is 1. The summed E-state index contributed by atoms with van der Waals surface area (Å²) in [5.74, 6) is 0. The van der Waals surface area contributed by atoms with Gasteiger partial charge in [0.15, 0.2) is 0 Å². The number of hydrogen-bond donors (Lipinski definition) is 2. The molecule has 0 bridgehead atoms. The minimum atomic E-state index is -0.562. The predicted molar refractivity (Wildman–Crippen MR) is 67.7 cm³/mol. The molecule has 0 fully saturated rings. The molecule has 2 nitrogen and oxygen atoms in total.